The Morgan fingerprint density at radius 1 is 1.50 bits per heavy atom. The van der Waals surface area contributed by atoms with Gasteiger partial charge in [-0.25, -0.2) is 0 Å². The quantitative estimate of drug-likeness (QED) is 0.920. The summed E-state index contributed by atoms with van der Waals surface area (Å²) in [6.45, 7) is 2.24. The number of nitrogens with two attached hydrogens (primary N) is 1. The molecule has 1 heterocycles. The minimum absolute atomic E-state index is 0.0460. The van der Waals surface area contributed by atoms with Crippen LogP contribution in [-0.2, 0) is 13.7 Å². The van der Waals surface area contributed by atoms with Crippen molar-refractivity contribution in [1.29, 1.82) is 0 Å². The first kappa shape index (κ1) is 12.9. The summed E-state index contributed by atoms with van der Waals surface area (Å²) >= 11 is 6.13. The van der Waals surface area contributed by atoms with Crippen molar-refractivity contribution in [2.24, 2.45) is 12.8 Å². The van der Waals surface area contributed by atoms with Crippen LogP contribution in [0.2, 0.25) is 5.02 Å². The molecule has 96 valence electrons. The maximum atomic E-state index is 6.13. The lowest BCUT2D eigenvalue weighted by molar-refractivity contribution is 0.291. The normalized spacial score (nSPS) is 12.4. The zero-order chi connectivity index (χ0) is 13.1. The Kier molecular flexibility index (Phi) is 3.84. The van der Waals surface area contributed by atoms with E-state index in [2.05, 4.69) is 10.2 Å². The van der Waals surface area contributed by atoms with E-state index in [4.69, 9.17) is 22.1 Å². The van der Waals surface area contributed by atoms with Crippen LogP contribution in [0.1, 0.15) is 24.4 Å². The SMILES string of the molecule is CC(N)c1ccc(OCc2nncn2C)c(Cl)c1. The molecule has 0 aliphatic rings. The van der Waals surface area contributed by atoms with Crippen LogP contribution in [0, 0.1) is 0 Å². The fourth-order valence-electron chi connectivity index (χ4n) is 1.50. The van der Waals surface area contributed by atoms with E-state index in [1.54, 1.807) is 10.9 Å². The van der Waals surface area contributed by atoms with Gasteiger partial charge in [0.1, 0.15) is 18.7 Å². The number of hydrogen-bond donors (Lipinski definition) is 1. The minimum Gasteiger partial charge on any atom is -0.484 e. The highest BCUT2D eigenvalue weighted by molar-refractivity contribution is 6.32. The van der Waals surface area contributed by atoms with Gasteiger partial charge in [0.25, 0.3) is 0 Å². The van der Waals surface area contributed by atoms with Crippen LogP contribution in [0.15, 0.2) is 24.5 Å². The van der Waals surface area contributed by atoms with E-state index >= 15 is 0 Å². The summed E-state index contributed by atoms with van der Waals surface area (Å²) in [5.41, 5.74) is 6.76. The number of rotatable bonds is 4. The Hall–Kier alpha value is -1.59. The zero-order valence-electron chi connectivity index (χ0n) is 10.3. The van der Waals surface area contributed by atoms with Crippen molar-refractivity contribution >= 4 is 11.6 Å². The van der Waals surface area contributed by atoms with Gasteiger partial charge >= 0.3 is 0 Å². The van der Waals surface area contributed by atoms with E-state index in [-0.39, 0.29) is 6.04 Å². The number of ether oxygens (including phenoxy) is 1. The molecule has 6 heteroatoms. The lowest BCUT2D eigenvalue weighted by atomic mass is 10.1. The Morgan fingerprint density at radius 3 is 2.83 bits per heavy atom. The molecule has 0 aliphatic carbocycles. The highest BCUT2D eigenvalue weighted by Gasteiger charge is 2.07. The van der Waals surface area contributed by atoms with Crippen LogP contribution in [0.3, 0.4) is 0 Å². The summed E-state index contributed by atoms with van der Waals surface area (Å²) in [5.74, 6) is 1.35. The predicted molar refractivity (Wildman–Crippen MR) is 69.4 cm³/mol. The van der Waals surface area contributed by atoms with E-state index in [0.717, 1.165) is 11.4 Å². The number of hydrogen-bond acceptors (Lipinski definition) is 4. The Morgan fingerprint density at radius 2 is 2.28 bits per heavy atom. The topological polar surface area (TPSA) is 66.0 Å². The average Bonchev–Trinajstić information content (AvgIpc) is 2.73. The van der Waals surface area contributed by atoms with Crippen LogP contribution < -0.4 is 10.5 Å². The minimum atomic E-state index is -0.0460. The molecule has 1 unspecified atom stereocenters. The molecular weight excluding hydrogens is 252 g/mol. The van der Waals surface area contributed by atoms with Crippen LogP contribution in [0.4, 0.5) is 0 Å². The second-order valence-electron chi connectivity index (χ2n) is 4.13. The summed E-state index contributed by atoms with van der Waals surface area (Å²) in [7, 11) is 1.86. The Labute approximate surface area is 111 Å². The van der Waals surface area contributed by atoms with Crippen LogP contribution in [-0.4, -0.2) is 14.8 Å². The molecule has 1 atom stereocenters. The number of benzene rings is 1. The first-order valence-electron chi connectivity index (χ1n) is 5.58. The molecule has 5 nitrogen and oxygen atoms in total. The molecule has 2 N–H and O–H groups in total. The highest BCUT2D eigenvalue weighted by Crippen LogP contribution is 2.27. The monoisotopic (exact) mass is 266 g/mol. The Bertz CT molecular complexity index is 539. The molecule has 0 radical (unpaired) electrons. The number of aryl methyl sites for hydroxylation is 1. The van der Waals surface area contributed by atoms with Gasteiger partial charge < -0.3 is 15.0 Å². The summed E-state index contributed by atoms with van der Waals surface area (Å²) in [6.07, 6.45) is 1.62. The van der Waals surface area contributed by atoms with E-state index in [9.17, 15) is 0 Å². The Balaban J connectivity index is 2.08. The molecule has 0 saturated carbocycles. The van der Waals surface area contributed by atoms with Gasteiger partial charge in [-0.05, 0) is 24.6 Å². The highest BCUT2D eigenvalue weighted by atomic mass is 35.5. The standard InChI is InChI=1S/C12H15ClN4O/c1-8(14)9-3-4-11(10(13)5-9)18-6-12-16-15-7-17(12)2/h3-5,7-8H,6,14H2,1-2H3. The predicted octanol–water partition coefficient (Wildman–Crippen LogP) is 2.07. The van der Waals surface area contributed by atoms with Gasteiger partial charge in [-0.15, -0.1) is 10.2 Å². The molecule has 2 rings (SSSR count). The van der Waals surface area contributed by atoms with Gasteiger partial charge in [-0.3, -0.25) is 0 Å². The largest absolute Gasteiger partial charge is 0.484 e. The molecule has 1 aromatic carbocycles. The molecule has 1 aromatic heterocycles. The van der Waals surface area contributed by atoms with Gasteiger partial charge in [0, 0.05) is 13.1 Å². The lowest BCUT2D eigenvalue weighted by Gasteiger charge is -2.10. The molecule has 0 bridgehead atoms. The smallest absolute Gasteiger partial charge is 0.170 e. The number of aromatic nitrogens is 3. The first-order valence-corrected chi connectivity index (χ1v) is 5.96. The van der Waals surface area contributed by atoms with Crippen molar-refractivity contribution in [3.63, 3.8) is 0 Å². The van der Waals surface area contributed by atoms with E-state index in [1.165, 1.54) is 0 Å². The van der Waals surface area contributed by atoms with Gasteiger partial charge in [0.05, 0.1) is 5.02 Å². The third-order valence-corrected chi connectivity index (χ3v) is 2.94. The fraction of sp³-hybridized carbons (Fsp3) is 0.333. The lowest BCUT2D eigenvalue weighted by Crippen LogP contribution is -2.06. The van der Waals surface area contributed by atoms with Crippen molar-refractivity contribution in [1.82, 2.24) is 14.8 Å². The zero-order valence-corrected chi connectivity index (χ0v) is 11.1. The fourth-order valence-corrected chi connectivity index (χ4v) is 1.74. The van der Waals surface area contributed by atoms with Crippen molar-refractivity contribution in [3.8, 4) is 5.75 Å². The van der Waals surface area contributed by atoms with E-state index in [1.807, 2.05) is 32.2 Å². The second kappa shape index (κ2) is 5.37. The van der Waals surface area contributed by atoms with E-state index in [0.29, 0.717) is 17.4 Å². The average molecular weight is 267 g/mol. The maximum Gasteiger partial charge on any atom is 0.170 e. The molecule has 0 aliphatic heterocycles. The molecule has 2 aromatic rings. The van der Waals surface area contributed by atoms with Crippen molar-refractivity contribution in [2.45, 2.75) is 19.6 Å². The molecule has 0 amide bonds. The third-order valence-electron chi connectivity index (χ3n) is 2.64. The van der Waals surface area contributed by atoms with Crippen LogP contribution in [0.5, 0.6) is 5.75 Å². The number of halogens is 1. The first-order chi connectivity index (χ1) is 8.58. The molecule has 0 spiro atoms. The summed E-state index contributed by atoms with van der Waals surface area (Å²) in [6, 6.07) is 5.49. The third kappa shape index (κ3) is 2.80. The van der Waals surface area contributed by atoms with E-state index < -0.39 is 0 Å². The van der Waals surface area contributed by atoms with Crippen molar-refractivity contribution < 1.29 is 4.74 Å². The van der Waals surface area contributed by atoms with Gasteiger partial charge in [-0.2, -0.15) is 0 Å². The summed E-state index contributed by atoms with van der Waals surface area (Å²) in [4.78, 5) is 0. The van der Waals surface area contributed by atoms with Crippen molar-refractivity contribution in [3.05, 3.63) is 40.9 Å². The second-order valence-corrected chi connectivity index (χ2v) is 4.53. The van der Waals surface area contributed by atoms with Gasteiger partial charge in [0.2, 0.25) is 0 Å². The number of nitrogens with zero attached hydrogens (tertiary/aromatic N) is 3. The summed E-state index contributed by atoms with van der Waals surface area (Å²) < 4.78 is 7.40. The van der Waals surface area contributed by atoms with Crippen LogP contribution in [0.25, 0.3) is 0 Å². The van der Waals surface area contributed by atoms with Crippen molar-refractivity contribution in [2.75, 3.05) is 0 Å². The molecule has 18 heavy (non-hydrogen) atoms. The summed E-state index contributed by atoms with van der Waals surface area (Å²) in [5, 5.41) is 8.26. The molecular formula is C12H15ClN4O. The van der Waals surface area contributed by atoms with Gasteiger partial charge in [0.15, 0.2) is 5.82 Å². The molecule has 0 fully saturated rings. The molecule has 0 saturated heterocycles. The van der Waals surface area contributed by atoms with Crippen LogP contribution >= 0.6 is 11.6 Å². The maximum absolute atomic E-state index is 6.13. The van der Waals surface area contributed by atoms with Gasteiger partial charge in [-0.1, -0.05) is 17.7 Å².